The molecule has 4 rings (SSSR count). The molecule has 30 heavy (non-hydrogen) atoms. The topological polar surface area (TPSA) is 75.5 Å². The Kier molecular flexibility index (Phi) is 5.59. The molecule has 1 aliphatic rings. The van der Waals surface area contributed by atoms with Gasteiger partial charge in [-0.2, -0.15) is 0 Å². The zero-order valence-corrected chi connectivity index (χ0v) is 18.0. The summed E-state index contributed by atoms with van der Waals surface area (Å²) >= 11 is 0. The Hall–Kier alpha value is -3.13. The smallest absolute Gasteiger partial charge is 0.262 e. The third-order valence-electron chi connectivity index (χ3n) is 5.45. The van der Waals surface area contributed by atoms with Gasteiger partial charge in [-0.15, -0.1) is 5.10 Å². The maximum absolute atomic E-state index is 12.4. The Morgan fingerprint density at radius 2 is 1.80 bits per heavy atom. The van der Waals surface area contributed by atoms with Crippen molar-refractivity contribution in [2.45, 2.75) is 13.8 Å². The van der Waals surface area contributed by atoms with Crippen LogP contribution in [0, 0.1) is 13.8 Å². The fourth-order valence-corrected chi connectivity index (χ4v) is 3.80. The van der Waals surface area contributed by atoms with E-state index in [-0.39, 0.29) is 12.5 Å². The number of amides is 1. The molecule has 8 nitrogen and oxygen atoms in total. The van der Waals surface area contributed by atoms with Gasteiger partial charge >= 0.3 is 0 Å². The highest BCUT2D eigenvalue weighted by Gasteiger charge is 2.16. The van der Waals surface area contributed by atoms with E-state index in [9.17, 15) is 4.79 Å². The Morgan fingerprint density at radius 3 is 2.50 bits per heavy atom. The molecule has 0 bridgehead atoms. The number of nitrogens with zero attached hydrogens (tertiary/aromatic N) is 5. The lowest BCUT2D eigenvalue weighted by Crippen LogP contribution is -2.44. The Labute approximate surface area is 176 Å². The van der Waals surface area contributed by atoms with Gasteiger partial charge in [0.1, 0.15) is 0 Å². The standard InChI is InChI=1S/C22H28N6O2/c1-15-13-16(2)23-21-20(15)22(25-27(21)4)30-14-19(29)24-17-5-7-18(8-6-17)28-11-9-26(3)10-12-28/h5-8,13H,9-12,14H2,1-4H3,(H,24,29). The molecule has 3 heterocycles. The molecule has 1 amide bonds. The number of ether oxygens (including phenoxy) is 1. The first-order valence-electron chi connectivity index (χ1n) is 10.2. The molecule has 158 valence electrons. The lowest BCUT2D eigenvalue weighted by Gasteiger charge is -2.34. The molecule has 0 spiro atoms. The predicted molar refractivity (Wildman–Crippen MR) is 118 cm³/mol. The molecule has 0 radical (unpaired) electrons. The molecule has 1 N–H and O–H groups in total. The molecule has 0 aliphatic carbocycles. The van der Waals surface area contributed by atoms with Gasteiger partial charge in [-0.05, 0) is 56.8 Å². The minimum Gasteiger partial charge on any atom is -0.466 e. The number of fused-ring (bicyclic) bond motifs is 1. The van der Waals surface area contributed by atoms with E-state index >= 15 is 0 Å². The summed E-state index contributed by atoms with van der Waals surface area (Å²) in [6, 6.07) is 9.94. The van der Waals surface area contributed by atoms with Crippen LogP contribution >= 0.6 is 0 Å². The first-order valence-corrected chi connectivity index (χ1v) is 10.2. The van der Waals surface area contributed by atoms with Gasteiger partial charge in [0.2, 0.25) is 5.88 Å². The summed E-state index contributed by atoms with van der Waals surface area (Å²) < 4.78 is 7.41. The van der Waals surface area contributed by atoms with Crippen molar-refractivity contribution in [3.05, 3.63) is 41.6 Å². The summed E-state index contributed by atoms with van der Waals surface area (Å²) in [4.78, 5) is 21.6. The van der Waals surface area contributed by atoms with Crippen molar-refractivity contribution in [1.82, 2.24) is 19.7 Å². The fraction of sp³-hybridized carbons (Fsp3) is 0.409. The number of benzene rings is 1. The number of aromatic nitrogens is 3. The van der Waals surface area contributed by atoms with Crippen molar-refractivity contribution >= 4 is 28.3 Å². The third-order valence-corrected chi connectivity index (χ3v) is 5.45. The van der Waals surface area contributed by atoms with Gasteiger partial charge in [-0.25, -0.2) is 9.67 Å². The van der Waals surface area contributed by atoms with Crippen molar-refractivity contribution in [2.75, 3.05) is 50.1 Å². The van der Waals surface area contributed by atoms with Crippen LogP contribution in [0.2, 0.25) is 0 Å². The molecule has 1 saturated heterocycles. The molecule has 0 atom stereocenters. The summed E-state index contributed by atoms with van der Waals surface area (Å²) in [5.41, 5.74) is 4.63. The largest absolute Gasteiger partial charge is 0.466 e. The van der Waals surface area contributed by atoms with Crippen LogP contribution in [-0.4, -0.2) is 65.4 Å². The first kappa shape index (κ1) is 20.2. The Bertz CT molecular complexity index is 1050. The average molecular weight is 409 g/mol. The lowest BCUT2D eigenvalue weighted by atomic mass is 10.2. The number of nitrogens with one attached hydrogen (secondary N) is 1. The molecular formula is C22H28N6O2. The van der Waals surface area contributed by atoms with Crippen LogP contribution in [0.15, 0.2) is 30.3 Å². The van der Waals surface area contributed by atoms with Crippen LogP contribution in [-0.2, 0) is 11.8 Å². The summed E-state index contributed by atoms with van der Waals surface area (Å²) in [6.07, 6.45) is 0. The van der Waals surface area contributed by atoms with Crippen molar-refractivity contribution in [1.29, 1.82) is 0 Å². The molecule has 8 heteroatoms. The van der Waals surface area contributed by atoms with Gasteiger partial charge in [-0.1, -0.05) is 0 Å². The number of rotatable bonds is 5. The second-order valence-corrected chi connectivity index (χ2v) is 7.88. The van der Waals surface area contributed by atoms with Gasteiger partial charge in [0.05, 0.1) is 5.39 Å². The van der Waals surface area contributed by atoms with E-state index in [1.54, 1.807) is 4.68 Å². The second kappa shape index (κ2) is 8.31. The molecule has 3 aromatic rings. The Balaban J connectivity index is 1.37. The van der Waals surface area contributed by atoms with Crippen molar-refractivity contribution in [3.8, 4) is 5.88 Å². The number of anilines is 2. The van der Waals surface area contributed by atoms with E-state index in [0.717, 1.165) is 54.2 Å². The van der Waals surface area contributed by atoms with E-state index in [4.69, 9.17) is 4.74 Å². The van der Waals surface area contributed by atoms with E-state index in [0.29, 0.717) is 5.88 Å². The van der Waals surface area contributed by atoms with Crippen LogP contribution in [0.3, 0.4) is 0 Å². The zero-order chi connectivity index (χ0) is 21.3. The average Bonchev–Trinajstić information content (AvgIpc) is 3.03. The molecule has 1 aromatic carbocycles. The van der Waals surface area contributed by atoms with Crippen molar-refractivity contribution in [2.24, 2.45) is 7.05 Å². The molecule has 0 unspecified atom stereocenters. The van der Waals surface area contributed by atoms with Crippen molar-refractivity contribution in [3.63, 3.8) is 0 Å². The molecule has 1 fully saturated rings. The zero-order valence-electron chi connectivity index (χ0n) is 18.0. The number of piperazine rings is 1. The monoisotopic (exact) mass is 408 g/mol. The maximum Gasteiger partial charge on any atom is 0.262 e. The third kappa shape index (κ3) is 4.23. The van der Waals surface area contributed by atoms with Crippen LogP contribution in [0.25, 0.3) is 11.0 Å². The molecule has 2 aromatic heterocycles. The molecule has 1 aliphatic heterocycles. The van der Waals surface area contributed by atoms with Gasteiger partial charge < -0.3 is 19.9 Å². The van der Waals surface area contributed by atoms with Crippen LogP contribution in [0.1, 0.15) is 11.3 Å². The summed E-state index contributed by atoms with van der Waals surface area (Å²) in [7, 11) is 3.97. The minimum absolute atomic E-state index is 0.111. The number of aryl methyl sites for hydroxylation is 3. The summed E-state index contributed by atoms with van der Waals surface area (Å²) in [5, 5.41) is 8.11. The van der Waals surface area contributed by atoms with Gasteiger partial charge in [0.25, 0.3) is 5.91 Å². The second-order valence-electron chi connectivity index (χ2n) is 7.88. The van der Waals surface area contributed by atoms with Crippen LogP contribution < -0.4 is 15.0 Å². The molecule has 0 saturated carbocycles. The highest BCUT2D eigenvalue weighted by molar-refractivity contribution is 5.92. The van der Waals surface area contributed by atoms with E-state index in [2.05, 4.69) is 32.2 Å². The number of carbonyl (C=O) groups is 1. The lowest BCUT2D eigenvalue weighted by molar-refractivity contribution is -0.118. The van der Waals surface area contributed by atoms with Gasteiger partial charge in [0, 0.05) is 50.3 Å². The molecular weight excluding hydrogens is 380 g/mol. The minimum atomic E-state index is -0.223. The highest BCUT2D eigenvalue weighted by atomic mass is 16.5. The SMILES string of the molecule is Cc1cc(C)c2c(OCC(=O)Nc3ccc(N4CCN(C)CC4)cc3)nn(C)c2n1. The van der Waals surface area contributed by atoms with Crippen LogP contribution in [0.4, 0.5) is 11.4 Å². The number of pyridine rings is 1. The number of hydrogen-bond donors (Lipinski definition) is 1. The summed E-state index contributed by atoms with van der Waals surface area (Å²) in [6.45, 7) is 7.98. The Morgan fingerprint density at radius 1 is 1.10 bits per heavy atom. The van der Waals surface area contributed by atoms with E-state index in [1.807, 2.05) is 51.2 Å². The predicted octanol–water partition coefficient (Wildman–Crippen LogP) is 2.35. The normalized spacial score (nSPS) is 14.9. The fourth-order valence-electron chi connectivity index (χ4n) is 3.80. The summed E-state index contributed by atoms with van der Waals surface area (Å²) in [5.74, 6) is 0.205. The highest BCUT2D eigenvalue weighted by Crippen LogP contribution is 2.27. The number of carbonyl (C=O) groups excluding carboxylic acids is 1. The quantitative estimate of drug-likeness (QED) is 0.699. The van der Waals surface area contributed by atoms with Gasteiger partial charge in [-0.3, -0.25) is 4.79 Å². The van der Waals surface area contributed by atoms with E-state index < -0.39 is 0 Å². The van der Waals surface area contributed by atoms with Crippen molar-refractivity contribution < 1.29 is 9.53 Å². The number of hydrogen-bond acceptors (Lipinski definition) is 6. The van der Waals surface area contributed by atoms with Crippen LogP contribution in [0.5, 0.6) is 5.88 Å². The van der Waals surface area contributed by atoms with E-state index in [1.165, 1.54) is 5.69 Å². The van der Waals surface area contributed by atoms with Gasteiger partial charge in [0.15, 0.2) is 12.3 Å². The maximum atomic E-state index is 12.4. The number of likely N-dealkylation sites (N-methyl/N-ethyl adjacent to an activating group) is 1. The first-order chi connectivity index (χ1) is 14.4.